The normalized spacial score (nSPS) is 26.1. The fourth-order valence-corrected chi connectivity index (χ4v) is 2.45. The number of aromatic nitrogens is 3. The van der Waals surface area contributed by atoms with Crippen molar-refractivity contribution >= 4 is 5.91 Å². The number of ether oxygens (including phenoxy) is 3. The van der Waals surface area contributed by atoms with E-state index in [-0.39, 0.29) is 5.82 Å². The van der Waals surface area contributed by atoms with Gasteiger partial charge in [-0.05, 0) is 0 Å². The highest BCUT2D eigenvalue weighted by molar-refractivity contribution is 5.90. The first-order valence-corrected chi connectivity index (χ1v) is 7.84. The molecule has 1 saturated heterocycles. The van der Waals surface area contributed by atoms with E-state index in [9.17, 15) is 15.0 Å². The van der Waals surface area contributed by atoms with E-state index >= 15 is 0 Å². The van der Waals surface area contributed by atoms with Crippen molar-refractivity contribution in [2.75, 3.05) is 47.1 Å². The number of rotatable bonds is 9. The molecular weight excluding hydrogens is 336 g/mol. The molecule has 11 heteroatoms. The maximum absolute atomic E-state index is 12.5. The van der Waals surface area contributed by atoms with Crippen molar-refractivity contribution in [3.63, 3.8) is 0 Å². The third-order valence-electron chi connectivity index (χ3n) is 3.90. The summed E-state index contributed by atoms with van der Waals surface area (Å²) in [5.74, 6) is -0.496. The highest BCUT2D eigenvalue weighted by Crippen LogP contribution is 2.28. The molecule has 25 heavy (non-hydrogen) atoms. The molecule has 1 fully saturated rings. The first-order valence-electron chi connectivity index (χ1n) is 7.84. The third kappa shape index (κ3) is 4.51. The molecule has 1 aromatic heterocycles. The number of carbonyl (C=O) groups excluding carboxylic acids is 1. The van der Waals surface area contributed by atoms with Crippen LogP contribution in [0.15, 0.2) is 6.33 Å². The molecule has 142 valence electrons. The summed E-state index contributed by atoms with van der Waals surface area (Å²) in [6.07, 6.45) is -3.27. The van der Waals surface area contributed by atoms with E-state index in [1.165, 1.54) is 25.4 Å². The van der Waals surface area contributed by atoms with Crippen molar-refractivity contribution in [1.29, 1.82) is 0 Å². The van der Waals surface area contributed by atoms with E-state index in [2.05, 4.69) is 10.1 Å². The van der Waals surface area contributed by atoms with Crippen molar-refractivity contribution in [2.24, 2.45) is 0 Å². The quantitative estimate of drug-likeness (QED) is 0.440. The Kier molecular flexibility index (Phi) is 7.23. The lowest BCUT2D eigenvalue weighted by Gasteiger charge is -2.20. The van der Waals surface area contributed by atoms with Gasteiger partial charge in [-0.3, -0.25) is 4.79 Å². The summed E-state index contributed by atoms with van der Waals surface area (Å²) >= 11 is 0. The number of amides is 1. The largest absolute Gasteiger partial charge is 0.394 e. The fourth-order valence-electron chi connectivity index (χ4n) is 2.45. The van der Waals surface area contributed by atoms with Gasteiger partial charge in [0.2, 0.25) is 5.82 Å². The molecule has 2 heterocycles. The Balaban J connectivity index is 2.09. The molecule has 0 aromatic carbocycles. The minimum atomic E-state index is -1.29. The predicted molar refractivity (Wildman–Crippen MR) is 82.7 cm³/mol. The van der Waals surface area contributed by atoms with Gasteiger partial charge >= 0.3 is 0 Å². The van der Waals surface area contributed by atoms with E-state index in [4.69, 9.17) is 19.3 Å². The summed E-state index contributed by atoms with van der Waals surface area (Å²) in [4.78, 5) is 18.0. The van der Waals surface area contributed by atoms with Crippen LogP contribution in [-0.4, -0.2) is 106 Å². The van der Waals surface area contributed by atoms with Gasteiger partial charge in [-0.25, -0.2) is 9.67 Å². The van der Waals surface area contributed by atoms with Gasteiger partial charge in [0.15, 0.2) is 6.23 Å². The third-order valence-corrected chi connectivity index (χ3v) is 3.90. The van der Waals surface area contributed by atoms with Crippen LogP contribution in [-0.2, 0) is 14.2 Å². The Labute approximate surface area is 144 Å². The number of hydrogen-bond donors (Lipinski definition) is 3. The van der Waals surface area contributed by atoms with E-state index in [0.29, 0.717) is 26.3 Å². The fraction of sp³-hybridized carbons (Fsp3) is 0.786. The standard InChI is InChI=1S/C14H24N4O7/c1-23-5-3-17(4-6-24-2)13(22)12-15-8-18(16-12)14-11(21)10(20)9(7-19)25-14/h8-11,14,19-21H,3-7H2,1-2H3/t9-,10?,11+,14-/m1/s1. The van der Waals surface area contributed by atoms with Crippen LogP contribution in [0, 0.1) is 0 Å². The highest BCUT2D eigenvalue weighted by atomic mass is 16.6. The molecule has 0 saturated carbocycles. The van der Waals surface area contributed by atoms with Crippen molar-refractivity contribution in [1.82, 2.24) is 19.7 Å². The van der Waals surface area contributed by atoms with Gasteiger partial charge in [0.25, 0.3) is 5.91 Å². The van der Waals surface area contributed by atoms with Gasteiger partial charge in [0.05, 0.1) is 19.8 Å². The van der Waals surface area contributed by atoms with Crippen LogP contribution in [0.2, 0.25) is 0 Å². The molecule has 3 N–H and O–H groups in total. The summed E-state index contributed by atoms with van der Waals surface area (Å²) in [7, 11) is 3.07. The molecule has 0 bridgehead atoms. The lowest BCUT2D eigenvalue weighted by molar-refractivity contribution is -0.0589. The number of hydrogen-bond acceptors (Lipinski definition) is 9. The van der Waals surface area contributed by atoms with Gasteiger partial charge in [-0.1, -0.05) is 0 Å². The summed E-state index contributed by atoms with van der Waals surface area (Å²) in [6, 6.07) is 0. The Morgan fingerprint density at radius 1 is 1.28 bits per heavy atom. The molecular formula is C14H24N4O7. The van der Waals surface area contributed by atoms with Crippen molar-refractivity contribution in [3.8, 4) is 0 Å². The minimum Gasteiger partial charge on any atom is -0.394 e. The number of nitrogens with zero attached hydrogens (tertiary/aromatic N) is 4. The van der Waals surface area contributed by atoms with Crippen LogP contribution in [0.5, 0.6) is 0 Å². The SMILES string of the molecule is COCCN(CCOC)C(=O)c1ncn([C@@H]2O[C@H](CO)C(O)[C@@H]2O)n1. The van der Waals surface area contributed by atoms with Gasteiger partial charge in [-0.2, -0.15) is 0 Å². The topological polar surface area (TPSA) is 139 Å². The summed E-state index contributed by atoms with van der Waals surface area (Å²) in [6.45, 7) is 0.954. The van der Waals surface area contributed by atoms with E-state index < -0.39 is 37.1 Å². The lowest BCUT2D eigenvalue weighted by Crippen LogP contribution is -2.37. The Bertz CT molecular complexity index is 547. The molecule has 1 amide bonds. The van der Waals surface area contributed by atoms with E-state index in [0.717, 1.165) is 4.68 Å². The molecule has 1 unspecified atom stereocenters. The Morgan fingerprint density at radius 3 is 2.44 bits per heavy atom. The zero-order valence-corrected chi connectivity index (χ0v) is 14.2. The highest BCUT2D eigenvalue weighted by Gasteiger charge is 2.44. The number of aliphatic hydroxyl groups excluding tert-OH is 3. The first kappa shape index (κ1) is 19.7. The van der Waals surface area contributed by atoms with Crippen LogP contribution in [0.1, 0.15) is 16.8 Å². The van der Waals surface area contributed by atoms with Crippen molar-refractivity contribution < 1.29 is 34.3 Å². The minimum absolute atomic E-state index is 0.0788. The molecule has 1 aliphatic heterocycles. The monoisotopic (exact) mass is 360 g/mol. The van der Waals surface area contributed by atoms with Gasteiger partial charge < -0.3 is 34.4 Å². The Morgan fingerprint density at radius 2 is 1.92 bits per heavy atom. The smallest absolute Gasteiger partial charge is 0.293 e. The summed E-state index contributed by atoms with van der Waals surface area (Å²) in [5.41, 5.74) is 0. The summed E-state index contributed by atoms with van der Waals surface area (Å²) in [5, 5.41) is 32.9. The molecule has 0 radical (unpaired) electrons. The van der Waals surface area contributed by atoms with Crippen LogP contribution in [0.25, 0.3) is 0 Å². The van der Waals surface area contributed by atoms with Crippen molar-refractivity contribution in [2.45, 2.75) is 24.5 Å². The average molecular weight is 360 g/mol. The zero-order chi connectivity index (χ0) is 18.4. The molecule has 1 aliphatic rings. The number of carbonyl (C=O) groups is 1. The van der Waals surface area contributed by atoms with E-state index in [1.807, 2.05) is 0 Å². The second-order valence-corrected chi connectivity index (χ2v) is 5.55. The van der Waals surface area contributed by atoms with Gasteiger partial charge in [0.1, 0.15) is 24.6 Å². The first-order chi connectivity index (χ1) is 12.0. The van der Waals surface area contributed by atoms with Crippen LogP contribution >= 0.6 is 0 Å². The number of aliphatic hydroxyl groups is 3. The molecule has 0 aliphatic carbocycles. The maximum Gasteiger partial charge on any atom is 0.293 e. The van der Waals surface area contributed by atoms with E-state index in [1.54, 1.807) is 0 Å². The molecule has 1 aromatic rings. The molecule has 4 atom stereocenters. The zero-order valence-electron chi connectivity index (χ0n) is 14.2. The van der Waals surface area contributed by atoms with Crippen LogP contribution in [0.4, 0.5) is 0 Å². The van der Waals surface area contributed by atoms with Crippen LogP contribution < -0.4 is 0 Å². The van der Waals surface area contributed by atoms with Gasteiger partial charge in [-0.15, -0.1) is 5.10 Å². The van der Waals surface area contributed by atoms with Crippen LogP contribution in [0.3, 0.4) is 0 Å². The Hall–Kier alpha value is -1.63. The van der Waals surface area contributed by atoms with Crippen molar-refractivity contribution in [3.05, 3.63) is 12.2 Å². The predicted octanol–water partition coefficient (Wildman–Crippen LogP) is -2.38. The summed E-state index contributed by atoms with van der Waals surface area (Å²) < 4.78 is 16.5. The van der Waals surface area contributed by atoms with Gasteiger partial charge in [0, 0.05) is 27.3 Å². The molecule has 0 spiro atoms. The number of methoxy groups -OCH3 is 2. The second-order valence-electron chi connectivity index (χ2n) is 5.55. The molecule has 11 nitrogen and oxygen atoms in total. The average Bonchev–Trinajstić information content (AvgIpc) is 3.20. The maximum atomic E-state index is 12.5. The lowest BCUT2D eigenvalue weighted by atomic mass is 10.1. The second kappa shape index (κ2) is 9.17. The molecule has 2 rings (SSSR count).